The molecule has 0 bridgehead atoms. The van der Waals surface area contributed by atoms with Crippen molar-refractivity contribution in [2.24, 2.45) is 0 Å². The van der Waals surface area contributed by atoms with E-state index in [1.54, 1.807) is 0 Å². The van der Waals surface area contributed by atoms with Gasteiger partial charge in [0.15, 0.2) is 0 Å². The summed E-state index contributed by atoms with van der Waals surface area (Å²) in [6.45, 7) is 12.9. The van der Waals surface area contributed by atoms with Gasteiger partial charge in [0, 0.05) is 24.2 Å². The predicted molar refractivity (Wildman–Crippen MR) is 113 cm³/mol. The summed E-state index contributed by atoms with van der Waals surface area (Å²) in [5.41, 5.74) is 0.529. The van der Waals surface area contributed by atoms with E-state index in [-0.39, 0.29) is 5.57 Å². The second kappa shape index (κ2) is 20.7. The standard InChI is InChI=1S/C16H30O2.C4H6O2.C2H5N/c1-3-4-5-6-7-8-9-10-11-12-13-14-15(2)16(17)18;1-3(2)4(5)6;1-2-3-1/h2-14H2,1H3,(H,17,18);1H2,2H3,(H,5,6);3H,1-2H2. The lowest BCUT2D eigenvalue weighted by Gasteiger charge is -2.02. The van der Waals surface area contributed by atoms with E-state index in [1.807, 2.05) is 0 Å². The van der Waals surface area contributed by atoms with Crippen molar-refractivity contribution in [1.82, 2.24) is 5.32 Å². The Bertz CT molecular complexity index is 402. The van der Waals surface area contributed by atoms with Crippen molar-refractivity contribution >= 4 is 11.9 Å². The number of aliphatic carboxylic acids is 2. The fourth-order valence-electron chi connectivity index (χ4n) is 2.11. The van der Waals surface area contributed by atoms with Crippen LogP contribution in [0.4, 0.5) is 0 Å². The summed E-state index contributed by atoms with van der Waals surface area (Å²) in [4.78, 5) is 20.1. The maximum Gasteiger partial charge on any atom is 0.330 e. The highest BCUT2D eigenvalue weighted by atomic mass is 16.4. The average Bonchev–Trinajstić information content (AvgIpc) is 3.49. The molecule has 0 atom stereocenters. The van der Waals surface area contributed by atoms with E-state index in [9.17, 15) is 9.59 Å². The quantitative estimate of drug-likeness (QED) is 0.207. The molecule has 1 fully saturated rings. The van der Waals surface area contributed by atoms with Crippen molar-refractivity contribution in [2.75, 3.05) is 13.1 Å². The Morgan fingerprint density at radius 3 is 1.37 bits per heavy atom. The van der Waals surface area contributed by atoms with Crippen LogP contribution in [0.15, 0.2) is 24.3 Å². The lowest BCUT2D eigenvalue weighted by atomic mass is 10.0. The van der Waals surface area contributed by atoms with Crippen LogP contribution in [0.1, 0.15) is 90.9 Å². The van der Waals surface area contributed by atoms with Gasteiger partial charge >= 0.3 is 11.9 Å². The molecule has 0 unspecified atom stereocenters. The molecule has 0 aromatic heterocycles. The van der Waals surface area contributed by atoms with E-state index in [4.69, 9.17) is 10.2 Å². The highest BCUT2D eigenvalue weighted by Gasteiger charge is 2.02. The van der Waals surface area contributed by atoms with E-state index in [0.717, 1.165) is 12.8 Å². The molecular formula is C22H41NO4. The Morgan fingerprint density at radius 2 is 1.11 bits per heavy atom. The van der Waals surface area contributed by atoms with Crippen LogP contribution in [-0.2, 0) is 9.59 Å². The van der Waals surface area contributed by atoms with Gasteiger partial charge in [-0.3, -0.25) is 0 Å². The molecule has 0 aliphatic carbocycles. The molecule has 0 saturated carbocycles. The fourth-order valence-corrected chi connectivity index (χ4v) is 2.11. The van der Waals surface area contributed by atoms with Crippen LogP contribution < -0.4 is 5.32 Å². The fraction of sp³-hybridized carbons (Fsp3) is 0.727. The molecular weight excluding hydrogens is 342 g/mol. The zero-order valence-corrected chi connectivity index (χ0v) is 17.5. The number of unbranched alkanes of at least 4 members (excludes halogenated alkanes) is 10. The number of carbonyl (C=O) groups is 2. The first-order chi connectivity index (χ1) is 12.8. The van der Waals surface area contributed by atoms with Crippen molar-refractivity contribution < 1.29 is 19.8 Å². The molecule has 1 aliphatic rings. The van der Waals surface area contributed by atoms with Crippen LogP contribution in [0.3, 0.4) is 0 Å². The smallest absolute Gasteiger partial charge is 0.330 e. The van der Waals surface area contributed by atoms with Gasteiger partial charge in [-0.25, -0.2) is 9.59 Å². The minimum Gasteiger partial charge on any atom is -0.478 e. The molecule has 3 N–H and O–H groups in total. The van der Waals surface area contributed by atoms with Gasteiger partial charge in [0.2, 0.25) is 0 Å². The van der Waals surface area contributed by atoms with Gasteiger partial charge in [-0.15, -0.1) is 0 Å². The van der Waals surface area contributed by atoms with Crippen molar-refractivity contribution in [3.63, 3.8) is 0 Å². The summed E-state index contributed by atoms with van der Waals surface area (Å²) in [5.74, 6) is -1.78. The molecule has 27 heavy (non-hydrogen) atoms. The lowest BCUT2D eigenvalue weighted by Crippen LogP contribution is -1.98. The first-order valence-corrected chi connectivity index (χ1v) is 10.3. The van der Waals surface area contributed by atoms with E-state index in [2.05, 4.69) is 25.4 Å². The highest BCUT2D eigenvalue weighted by molar-refractivity contribution is 5.85. The SMILES string of the molecule is C1CN1.C=C(C)C(=O)O.C=C(CCCCCCCCCCCCC)C(=O)O. The highest BCUT2D eigenvalue weighted by Crippen LogP contribution is 2.13. The third-order valence-electron chi connectivity index (χ3n) is 4.00. The molecule has 1 rings (SSSR count). The topological polar surface area (TPSA) is 96.5 Å². The van der Waals surface area contributed by atoms with Gasteiger partial charge in [0.05, 0.1) is 0 Å². The van der Waals surface area contributed by atoms with Gasteiger partial charge in [-0.2, -0.15) is 0 Å². The second-order valence-electron chi connectivity index (χ2n) is 7.03. The molecule has 1 heterocycles. The molecule has 0 aromatic carbocycles. The summed E-state index contributed by atoms with van der Waals surface area (Å²) >= 11 is 0. The summed E-state index contributed by atoms with van der Waals surface area (Å²) in [6, 6.07) is 0. The van der Waals surface area contributed by atoms with E-state index >= 15 is 0 Å². The Labute approximate surface area is 165 Å². The molecule has 0 amide bonds. The van der Waals surface area contributed by atoms with Crippen LogP contribution in [0, 0.1) is 0 Å². The number of hydrogen-bond acceptors (Lipinski definition) is 3. The first-order valence-electron chi connectivity index (χ1n) is 10.3. The summed E-state index contributed by atoms with van der Waals surface area (Å²) in [7, 11) is 0. The zero-order chi connectivity index (χ0) is 20.9. The molecule has 0 aromatic rings. The Morgan fingerprint density at radius 1 is 0.778 bits per heavy atom. The Balaban J connectivity index is 0. The van der Waals surface area contributed by atoms with Crippen LogP contribution in [-0.4, -0.2) is 35.2 Å². The predicted octanol–water partition coefficient (Wildman–Crippen LogP) is 5.57. The van der Waals surface area contributed by atoms with Crippen LogP contribution in [0.25, 0.3) is 0 Å². The van der Waals surface area contributed by atoms with E-state index < -0.39 is 11.9 Å². The van der Waals surface area contributed by atoms with Crippen LogP contribution >= 0.6 is 0 Å². The summed E-state index contributed by atoms with van der Waals surface area (Å²) in [6.07, 6.45) is 14.9. The largest absolute Gasteiger partial charge is 0.478 e. The lowest BCUT2D eigenvalue weighted by molar-refractivity contribution is -0.133. The zero-order valence-electron chi connectivity index (χ0n) is 17.5. The molecule has 0 spiro atoms. The van der Waals surface area contributed by atoms with Crippen LogP contribution in [0.5, 0.6) is 0 Å². The van der Waals surface area contributed by atoms with Gasteiger partial charge < -0.3 is 15.5 Å². The molecule has 5 heteroatoms. The number of nitrogens with one attached hydrogen (secondary N) is 1. The Kier molecular flexibility index (Phi) is 21.1. The maximum atomic E-state index is 10.5. The van der Waals surface area contributed by atoms with Crippen molar-refractivity contribution in [3.05, 3.63) is 24.3 Å². The Hall–Kier alpha value is -1.62. The van der Waals surface area contributed by atoms with Gasteiger partial charge in [-0.05, 0) is 19.8 Å². The second-order valence-corrected chi connectivity index (χ2v) is 7.03. The number of rotatable bonds is 14. The van der Waals surface area contributed by atoms with Crippen molar-refractivity contribution in [3.8, 4) is 0 Å². The first kappa shape index (κ1) is 27.6. The third kappa shape index (κ3) is 29.4. The molecule has 0 radical (unpaired) electrons. The number of carboxylic acid groups (broad SMARTS) is 2. The molecule has 1 aliphatic heterocycles. The minimum atomic E-state index is -0.935. The van der Waals surface area contributed by atoms with E-state index in [0.29, 0.717) is 12.0 Å². The van der Waals surface area contributed by atoms with Gasteiger partial charge in [0.25, 0.3) is 0 Å². The normalized spacial score (nSPS) is 11.3. The number of carboxylic acids is 2. The summed E-state index contributed by atoms with van der Waals surface area (Å²) in [5, 5.41) is 19.5. The minimum absolute atomic E-state index is 0.176. The van der Waals surface area contributed by atoms with Crippen molar-refractivity contribution in [2.45, 2.75) is 90.9 Å². The molecule has 1 saturated heterocycles. The molecule has 158 valence electrons. The monoisotopic (exact) mass is 383 g/mol. The maximum absolute atomic E-state index is 10.5. The average molecular weight is 384 g/mol. The van der Waals surface area contributed by atoms with E-state index in [1.165, 1.54) is 77.8 Å². The summed E-state index contributed by atoms with van der Waals surface area (Å²) < 4.78 is 0. The molecule has 5 nitrogen and oxygen atoms in total. The van der Waals surface area contributed by atoms with Crippen molar-refractivity contribution in [1.29, 1.82) is 0 Å². The van der Waals surface area contributed by atoms with Gasteiger partial charge in [0.1, 0.15) is 0 Å². The third-order valence-corrected chi connectivity index (χ3v) is 4.00. The van der Waals surface area contributed by atoms with Gasteiger partial charge in [-0.1, -0.05) is 84.3 Å². The van der Waals surface area contributed by atoms with Crippen LogP contribution in [0.2, 0.25) is 0 Å². The number of hydrogen-bond donors (Lipinski definition) is 3.